The van der Waals surface area contributed by atoms with Gasteiger partial charge in [0, 0.05) is 7.05 Å². The van der Waals surface area contributed by atoms with Gasteiger partial charge >= 0.3 is 0 Å². The van der Waals surface area contributed by atoms with Crippen molar-refractivity contribution in [3.63, 3.8) is 0 Å². The average molecular weight is 331 g/mol. The predicted octanol–water partition coefficient (Wildman–Crippen LogP) is 2.59. The van der Waals surface area contributed by atoms with Crippen LogP contribution in [0.15, 0.2) is 64.4 Å². The van der Waals surface area contributed by atoms with Gasteiger partial charge in [-0.25, -0.2) is 13.1 Å². The van der Waals surface area contributed by atoms with E-state index in [1.165, 1.54) is 30.0 Å². The summed E-state index contributed by atoms with van der Waals surface area (Å²) in [5.41, 5.74) is 1.94. The van der Waals surface area contributed by atoms with Gasteiger partial charge in [-0.2, -0.15) is 9.40 Å². The van der Waals surface area contributed by atoms with Crippen molar-refractivity contribution in [2.24, 2.45) is 0 Å². The van der Waals surface area contributed by atoms with Gasteiger partial charge in [-0.05, 0) is 31.2 Å². The van der Waals surface area contributed by atoms with E-state index in [0.29, 0.717) is 5.76 Å². The normalized spacial score (nSPS) is 12.0. The van der Waals surface area contributed by atoms with Gasteiger partial charge in [0.1, 0.15) is 10.7 Å². The van der Waals surface area contributed by atoms with E-state index in [-0.39, 0.29) is 11.4 Å². The summed E-state index contributed by atoms with van der Waals surface area (Å²) in [7, 11) is -2.11. The van der Waals surface area contributed by atoms with Crippen LogP contribution < -0.4 is 0 Å². The van der Waals surface area contributed by atoms with E-state index in [1.54, 1.807) is 16.8 Å². The molecule has 0 bridgehead atoms. The first kappa shape index (κ1) is 15.5. The minimum atomic E-state index is -3.62. The molecule has 0 atom stereocenters. The van der Waals surface area contributed by atoms with Crippen molar-refractivity contribution in [1.29, 1.82) is 0 Å². The van der Waals surface area contributed by atoms with E-state index in [1.807, 2.05) is 31.2 Å². The Morgan fingerprint density at radius 2 is 1.96 bits per heavy atom. The van der Waals surface area contributed by atoms with Crippen LogP contribution in [0.3, 0.4) is 0 Å². The van der Waals surface area contributed by atoms with Gasteiger partial charge in [-0.1, -0.05) is 17.7 Å². The van der Waals surface area contributed by atoms with Crippen molar-refractivity contribution < 1.29 is 12.8 Å². The summed E-state index contributed by atoms with van der Waals surface area (Å²) in [6, 6.07) is 11.2. The molecule has 0 fully saturated rings. The SMILES string of the molecule is Cc1ccc(-n2cc(S(=O)(=O)N(C)Cc3ccco3)cn2)cc1. The molecule has 3 aromatic rings. The van der Waals surface area contributed by atoms with E-state index in [0.717, 1.165) is 11.3 Å². The average Bonchev–Trinajstić information content (AvgIpc) is 3.19. The summed E-state index contributed by atoms with van der Waals surface area (Å²) in [5, 5.41) is 4.15. The van der Waals surface area contributed by atoms with Gasteiger partial charge in [0.2, 0.25) is 10.0 Å². The maximum absolute atomic E-state index is 12.6. The largest absolute Gasteiger partial charge is 0.468 e. The van der Waals surface area contributed by atoms with Crippen LogP contribution >= 0.6 is 0 Å². The highest BCUT2D eigenvalue weighted by molar-refractivity contribution is 7.89. The molecule has 2 aromatic heterocycles. The lowest BCUT2D eigenvalue weighted by Gasteiger charge is -2.14. The third kappa shape index (κ3) is 3.20. The van der Waals surface area contributed by atoms with Crippen LogP contribution in [0.4, 0.5) is 0 Å². The molecule has 0 spiro atoms. The second-order valence-corrected chi connectivity index (χ2v) is 7.34. The molecule has 1 aromatic carbocycles. The highest BCUT2D eigenvalue weighted by Gasteiger charge is 2.23. The van der Waals surface area contributed by atoms with Gasteiger partial charge in [-0.3, -0.25) is 0 Å². The summed E-state index contributed by atoms with van der Waals surface area (Å²) in [5.74, 6) is 0.585. The van der Waals surface area contributed by atoms with Gasteiger partial charge in [0.25, 0.3) is 0 Å². The third-order valence-electron chi connectivity index (χ3n) is 3.52. The molecule has 0 unspecified atom stereocenters. The minimum absolute atomic E-state index is 0.145. The summed E-state index contributed by atoms with van der Waals surface area (Å²) in [6.07, 6.45) is 4.39. The number of rotatable bonds is 5. The number of benzene rings is 1. The molecule has 0 N–H and O–H groups in total. The van der Waals surface area contributed by atoms with Gasteiger partial charge in [-0.15, -0.1) is 0 Å². The van der Waals surface area contributed by atoms with Crippen molar-refractivity contribution >= 4 is 10.0 Å². The fraction of sp³-hybridized carbons (Fsp3) is 0.188. The fourth-order valence-electron chi connectivity index (χ4n) is 2.17. The van der Waals surface area contributed by atoms with Crippen LogP contribution in [0.2, 0.25) is 0 Å². The third-order valence-corrected chi connectivity index (χ3v) is 5.28. The van der Waals surface area contributed by atoms with Crippen LogP contribution in [0, 0.1) is 6.92 Å². The summed E-state index contributed by atoms with van der Waals surface area (Å²) >= 11 is 0. The molecular weight excluding hydrogens is 314 g/mol. The van der Waals surface area contributed by atoms with Crippen LogP contribution in [0.1, 0.15) is 11.3 Å². The Morgan fingerprint density at radius 1 is 1.22 bits per heavy atom. The van der Waals surface area contributed by atoms with E-state index >= 15 is 0 Å². The second kappa shape index (κ2) is 6.02. The lowest BCUT2D eigenvalue weighted by Crippen LogP contribution is -2.26. The van der Waals surface area contributed by atoms with Crippen molar-refractivity contribution in [1.82, 2.24) is 14.1 Å². The molecule has 7 heteroatoms. The summed E-state index contributed by atoms with van der Waals surface area (Å²) < 4.78 is 33.2. The van der Waals surface area contributed by atoms with Crippen LogP contribution in [-0.2, 0) is 16.6 Å². The Morgan fingerprint density at radius 3 is 2.61 bits per heavy atom. The zero-order valence-electron chi connectivity index (χ0n) is 12.9. The highest BCUT2D eigenvalue weighted by Crippen LogP contribution is 2.18. The first-order valence-corrected chi connectivity index (χ1v) is 8.51. The number of hydrogen-bond acceptors (Lipinski definition) is 4. The number of sulfonamides is 1. The second-order valence-electron chi connectivity index (χ2n) is 5.30. The zero-order chi connectivity index (χ0) is 16.4. The van der Waals surface area contributed by atoms with Crippen LogP contribution in [0.5, 0.6) is 0 Å². The topological polar surface area (TPSA) is 68.3 Å². The lowest BCUT2D eigenvalue weighted by atomic mass is 10.2. The van der Waals surface area contributed by atoms with E-state index in [4.69, 9.17) is 4.42 Å². The van der Waals surface area contributed by atoms with Gasteiger partial charge in [0.15, 0.2) is 0 Å². The number of furan rings is 1. The fourth-order valence-corrected chi connectivity index (χ4v) is 3.24. The Kier molecular flexibility index (Phi) is 4.06. The van der Waals surface area contributed by atoms with Crippen LogP contribution in [0.25, 0.3) is 5.69 Å². The Bertz CT molecular complexity index is 881. The lowest BCUT2D eigenvalue weighted by molar-refractivity contribution is 0.406. The number of hydrogen-bond donors (Lipinski definition) is 0. The first-order valence-electron chi connectivity index (χ1n) is 7.07. The highest BCUT2D eigenvalue weighted by atomic mass is 32.2. The zero-order valence-corrected chi connectivity index (χ0v) is 13.7. The molecule has 0 aliphatic heterocycles. The number of aromatic nitrogens is 2. The molecule has 120 valence electrons. The molecule has 0 saturated heterocycles. The minimum Gasteiger partial charge on any atom is -0.468 e. The summed E-state index contributed by atoms with van der Waals surface area (Å²) in [6.45, 7) is 2.16. The Balaban J connectivity index is 1.84. The molecule has 0 aliphatic rings. The van der Waals surface area contributed by atoms with Crippen LogP contribution in [-0.4, -0.2) is 29.6 Å². The van der Waals surface area contributed by atoms with Crippen molar-refractivity contribution in [3.8, 4) is 5.69 Å². The predicted molar refractivity (Wildman–Crippen MR) is 85.7 cm³/mol. The molecule has 3 rings (SSSR count). The van der Waals surface area contributed by atoms with E-state index < -0.39 is 10.0 Å². The molecule has 23 heavy (non-hydrogen) atoms. The molecule has 0 radical (unpaired) electrons. The summed E-state index contributed by atoms with van der Waals surface area (Å²) in [4.78, 5) is 0.145. The van der Waals surface area contributed by atoms with Gasteiger partial charge < -0.3 is 4.42 Å². The smallest absolute Gasteiger partial charge is 0.246 e. The van der Waals surface area contributed by atoms with E-state index in [2.05, 4.69) is 5.10 Å². The quantitative estimate of drug-likeness (QED) is 0.720. The molecule has 0 amide bonds. The van der Waals surface area contributed by atoms with Crippen molar-refractivity contribution in [2.75, 3.05) is 7.05 Å². The Hall–Kier alpha value is -2.38. The standard InChI is InChI=1S/C16H17N3O3S/c1-13-5-7-14(8-6-13)19-12-16(10-17-19)23(20,21)18(2)11-15-4-3-9-22-15/h3-10,12H,11H2,1-2H3. The Labute approximate surface area is 135 Å². The van der Waals surface area contributed by atoms with Gasteiger partial charge in [0.05, 0.1) is 30.9 Å². The molecular formula is C16H17N3O3S. The maximum atomic E-state index is 12.6. The first-order chi connectivity index (χ1) is 11.0. The molecule has 6 nitrogen and oxygen atoms in total. The maximum Gasteiger partial charge on any atom is 0.246 e. The monoisotopic (exact) mass is 331 g/mol. The van der Waals surface area contributed by atoms with Crippen molar-refractivity contribution in [3.05, 3.63) is 66.4 Å². The van der Waals surface area contributed by atoms with E-state index in [9.17, 15) is 8.42 Å². The number of nitrogens with zero attached hydrogens (tertiary/aromatic N) is 3. The molecule has 0 aliphatic carbocycles. The number of aryl methyl sites for hydroxylation is 1. The van der Waals surface area contributed by atoms with Crippen molar-refractivity contribution in [2.45, 2.75) is 18.4 Å². The molecule has 2 heterocycles. The molecule has 0 saturated carbocycles.